The van der Waals surface area contributed by atoms with E-state index in [1.54, 1.807) is 18.5 Å². The van der Waals surface area contributed by atoms with Crippen molar-refractivity contribution in [2.75, 3.05) is 26.1 Å². The number of ether oxygens (including phenoxy) is 1. The van der Waals surface area contributed by atoms with Gasteiger partial charge in [0.2, 0.25) is 0 Å². The number of hydrogen-bond donors (Lipinski definition) is 3. The second-order valence-corrected chi connectivity index (χ2v) is 8.40. The zero-order valence-electron chi connectivity index (χ0n) is 16.2. The lowest BCUT2D eigenvalue weighted by Crippen LogP contribution is -2.42. The molecule has 0 aliphatic heterocycles. The Kier molecular flexibility index (Phi) is 5.61. The maximum absolute atomic E-state index is 12.3. The third kappa shape index (κ3) is 3.97. The van der Waals surface area contributed by atoms with Crippen LogP contribution in [-0.4, -0.2) is 49.8 Å². The summed E-state index contributed by atoms with van der Waals surface area (Å²) in [5.74, 6) is 0.752. The number of aromatic nitrogens is 4. The molecule has 11 nitrogen and oxygen atoms in total. The number of imidazole rings is 1. The highest BCUT2D eigenvalue weighted by Gasteiger charge is 2.43. The minimum Gasteiger partial charge on any atom is -0.497 e. The largest absolute Gasteiger partial charge is 0.527 e. The summed E-state index contributed by atoms with van der Waals surface area (Å²) in [5, 5.41) is 9.84. The summed E-state index contributed by atoms with van der Waals surface area (Å²) < 4.78 is 29.4. The fourth-order valence-electron chi connectivity index (χ4n) is 3.66. The van der Waals surface area contributed by atoms with Crippen molar-refractivity contribution in [3.05, 3.63) is 36.9 Å². The number of nitrogens with zero attached hydrogens (tertiary/aromatic N) is 4. The molecule has 4 atom stereocenters. The van der Waals surface area contributed by atoms with Gasteiger partial charge in [0.05, 0.1) is 20.0 Å². The molecule has 4 unspecified atom stereocenters. The maximum Gasteiger partial charge on any atom is 0.527 e. The van der Waals surface area contributed by atoms with Gasteiger partial charge in [0.15, 0.2) is 11.5 Å². The van der Waals surface area contributed by atoms with Crippen LogP contribution < -0.4 is 15.0 Å². The van der Waals surface area contributed by atoms with Crippen molar-refractivity contribution in [3.8, 4) is 11.5 Å². The summed E-state index contributed by atoms with van der Waals surface area (Å²) in [6.45, 7) is -0.149. The molecule has 1 aliphatic carbocycles. The molecule has 0 radical (unpaired) electrons. The molecule has 1 saturated carbocycles. The Morgan fingerprint density at radius 1 is 1.23 bits per heavy atom. The smallest absolute Gasteiger partial charge is 0.497 e. The minimum atomic E-state index is -4.31. The van der Waals surface area contributed by atoms with Gasteiger partial charge in [-0.05, 0) is 36.6 Å². The Balaban J connectivity index is 1.38. The number of phosphoric acid groups is 1. The Morgan fingerprint density at radius 3 is 2.67 bits per heavy atom. The Hall–Kier alpha value is -2.72. The molecular weight excluding hydrogens is 413 g/mol. The number of nitrogens with two attached hydrogens (primary N) is 1. The first-order valence-corrected chi connectivity index (χ1v) is 10.8. The molecule has 4 N–H and O–H groups in total. The maximum atomic E-state index is 12.3. The van der Waals surface area contributed by atoms with Crippen LogP contribution in [0.15, 0.2) is 36.9 Å². The average molecular weight is 435 g/mol. The van der Waals surface area contributed by atoms with Crippen LogP contribution in [0, 0.1) is 11.8 Å². The lowest BCUT2D eigenvalue weighted by molar-refractivity contribution is -0.00488. The predicted molar refractivity (Wildman–Crippen MR) is 107 cm³/mol. The third-order valence-corrected chi connectivity index (χ3v) is 6.25. The SMILES string of the molecule is COc1ccc(OP(=O)(O)OCC2CC(n3cnc4c(N)ncnc43)C2CO)cc1. The quantitative estimate of drug-likeness (QED) is 0.446. The minimum absolute atomic E-state index is 0.0323. The van der Waals surface area contributed by atoms with E-state index in [-0.39, 0.29) is 42.7 Å². The van der Waals surface area contributed by atoms with Gasteiger partial charge in [-0.3, -0.25) is 9.42 Å². The standard InChI is InChI=1S/C18H22N5O6P/c1-27-12-2-4-13(5-3-12)29-30(25,26)28-8-11-6-15(14(11)7-24)23-10-22-16-17(19)20-9-21-18(16)23/h2-5,9-11,14-15,24H,6-8H2,1H3,(H,25,26)(H2,19,20,21). The second kappa shape index (κ2) is 8.19. The van der Waals surface area contributed by atoms with E-state index in [0.29, 0.717) is 23.3 Å². The summed E-state index contributed by atoms with van der Waals surface area (Å²) in [6, 6.07) is 6.17. The van der Waals surface area contributed by atoms with Gasteiger partial charge in [-0.1, -0.05) is 0 Å². The number of benzene rings is 1. The van der Waals surface area contributed by atoms with Gasteiger partial charge in [-0.25, -0.2) is 19.5 Å². The van der Waals surface area contributed by atoms with Crippen LogP contribution in [0.2, 0.25) is 0 Å². The summed E-state index contributed by atoms with van der Waals surface area (Å²) in [4.78, 5) is 22.4. The lowest BCUT2D eigenvalue weighted by Gasteiger charge is -2.44. The van der Waals surface area contributed by atoms with E-state index in [0.717, 1.165) is 0 Å². The van der Waals surface area contributed by atoms with Gasteiger partial charge in [-0.2, -0.15) is 0 Å². The second-order valence-electron chi connectivity index (χ2n) is 7.02. The van der Waals surface area contributed by atoms with Gasteiger partial charge < -0.3 is 24.7 Å². The fraction of sp³-hybridized carbons (Fsp3) is 0.389. The summed E-state index contributed by atoms with van der Waals surface area (Å²) in [5.41, 5.74) is 6.91. The molecule has 3 aromatic rings. The van der Waals surface area contributed by atoms with Gasteiger partial charge in [0, 0.05) is 18.6 Å². The molecule has 0 amide bonds. The first kappa shape index (κ1) is 20.5. The van der Waals surface area contributed by atoms with E-state index in [4.69, 9.17) is 19.5 Å². The van der Waals surface area contributed by atoms with Crippen molar-refractivity contribution in [2.45, 2.75) is 12.5 Å². The van der Waals surface area contributed by atoms with E-state index in [1.165, 1.54) is 25.6 Å². The van der Waals surface area contributed by atoms with Crippen molar-refractivity contribution in [2.24, 2.45) is 11.8 Å². The van der Waals surface area contributed by atoms with Crippen LogP contribution in [0.5, 0.6) is 11.5 Å². The number of phosphoric ester groups is 1. The molecule has 0 bridgehead atoms. The number of anilines is 1. The van der Waals surface area contributed by atoms with Crippen LogP contribution in [-0.2, 0) is 9.09 Å². The Labute approximate surface area is 172 Å². The highest BCUT2D eigenvalue weighted by molar-refractivity contribution is 7.47. The Morgan fingerprint density at radius 2 is 1.97 bits per heavy atom. The number of methoxy groups -OCH3 is 1. The normalized spacial score (nSPS) is 23.0. The molecule has 12 heteroatoms. The summed E-state index contributed by atoms with van der Waals surface area (Å²) >= 11 is 0. The monoisotopic (exact) mass is 435 g/mol. The number of fused-ring (bicyclic) bond motifs is 1. The predicted octanol–water partition coefficient (Wildman–Crippen LogP) is 1.78. The van der Waals surface area contributed by atoms with Crippen LogP contribution in [0.4, 0.5) is 5.82 Å². The number of aliphatic hydroxyl groups excluding tert-OH is 1. The van der Waals surface area contributed by atoms with Crippen molar-refractivity contribution in [3.63, 3.8) is 0 Å². The molecule has 30 heavy (non-hydrogen) atoms. The van der Waals surface area contributed by atoms with Crippen molar-refractivity contribution in [1.29, 1.82) is 0 Å². The topological polar surface area (TPSA) is 155 Å². The molecule has 1 aliphatic rings. The average Bonchev–Trinajstić information content (AvgIpc) is 3.13. The number of aliphatic hydroxyl groups is 1. The highest BCUT2D eigenvalue weighted by Crippen LogP contribution is 2.49. The zero-order chi connectivity index (χ0) is 21.3. The molecule has 2 heterocycles. The van der Waals surface area contributed by atoms with E-state index in [2.05, 4.69) is 15.0 Å². The van der Waals surface area contributed by atoms with Crippen LogP contribution in [0.3, 0.4) is 0 Å². The van der Waals surface area contributed by atoms with E-state index in [1.807, 2.05) is 4.57 Å². The van der Waals surface area contributed by atoms with Crippen LogP contribution in [0.25, 0.3) is 11.2 Å². The highest BCUT2D eigenvalue weighted by atomic mass is 31.2. The molecule has 160 valence electrons. The van der Waals surface area contributed by atoms with E-state index in [9.17, 15) is 14.6 Å². The molecule has 1 aromatic carbocycles. The third-order valence-electron chi connectivity index (χ3n) is 5.33. The molecule has 4 rings (SSSR count). The molecule has 1 fully saturated rings. The van der Waals surface area contributed by atoms with Crippen molar-refractivity contribution in [1.82, 2.24) is 19.5 Å². The van der Waals surface area contributed by atoms with Crippen molar-refractivity contribution >= 4 is 24.8 Å². The van der Waals surface area contributed by atoms with E-state index >= 15 is 0 Å². The Bertz CT molecular complexity index is 1070. The molecule has 2 aromatic heterocycles. The lowest BCUT2D eigenvalue weighted by atomic mass is 9.70. The van der Waals surface area contributed by atoms with Gasteiger partial charge in [0.1, 0.15) is 23.3 Å². The van der Waals surface area contributed by atoms with Crippen molar-refractivity contribution < 1.29 is 28.3 Å². The summed E-state index contributed by atoms with van der Waals surface area (Å²) in [6.07, 6.45) is 3.59. The first-order chi connectivity index (χ1) is 14.4. The molecular formula is C18H22N5O6P. The molecule has 0 spiro atoms. The van der Waals surface area contributed by atoms with Gasteiger partial charge >= 0.3 is 7.82 Å². The zero-order valence-corrected chi connectivity index (χ0v) is 17.1. The number of rotatable bonds is 8. The van der Waals surface area contributed by atoms with Crippen LogP contribution in [0.1, 0.15) is 12.5 Å². The van der Waals surface area contributed by atoms with E-state index < -0.39 is 7.82 Å². The number of hydrogen-bond acceptors (Lipinski definition) is 9. The van der Waals surface area contributed by atoms with Crippen LogP contribution >= 0.6 is 7.82 Å². The first-order valence-electron chi connectivity index (χ1n) is 9.26. The number of nitrogen functional groups attached to an aromatic ring is 1. The van der Waals surface area contributed by atoms with Gasteiger partial charge in [0.25, 0.3) is 0 Å². The summed E-state index contributed by atoms with van der Waals surface area (Å²) in [7, 11) is -2.79. The van der Waals surface area contributed by atoms with Gasteiger partial charge in [-0.15, -0.1) is 0 Å². The molecule has 0 saturated heterocycles. The fourth-order valence-corrected chi connectivity index (χ4v) is 4.48.